The van der Waals surface area contributed by atoms with E-state index in [2.05, 4.69) is 9.97 Å². The van der Waals surface area contributed by atoms with Crippen LogP contribution < -0.4 is 9.47 Å². The lowest BCUT2D eigenvalue weighted by atomic mass is 9.65. The molecule has 0 saturated carbocycles. The smallest absolute Gasteiger partial charge is 0.214 e. The molecule has 7 rings (SSSR count). The maximum absolute atomic E-state index is 13.7. The van der Waals surface area contributed by atoms with Crippen molar-refractivity contribution in [2.75, 3.05) is 0 Å². The lowest BCUT2D eigenvalue weighted by molar-refractivity contribution is -0.160. The third-order valence-corrected chi connectivity index (χ3v) is 7.82. The highest BCUT2D eigenvalue weighted by Gasteiger charge is 2.67. The van der Waals surface area contributed by atoms with Crippen LogP contribution in [0.15, 0.2) is 77.3 Å². The zero-order valence-electron chi connectivity index (χ0n) is 19.6. The average molecular weight is 511 g/mol. The van der Waals surface area contributed by atoms with Crippen LogP contribution in [0.2, 0.25) is 0 Å². The molecule has 2 aliphatic heterocycles. The molecule has 1 N–H and O–H groups in total. The summed E-state index contributed by atoms with van der Waals surface area (Å²) in [5.41, 5.74) is -0.501. The Labute approximate surface area is 216 Å². The largest absolute Gasteiger partial charge is 0.478 e. The summed E-state index contributed by atoms with van der Waals surface area (Å²) >= 11 is 6.58. The first-order chi connectivity index (χ1) is 17.8. The van der Waals surface area contributed by atoms with Gasteiger partial charge in [0.05, 0.1) is 11.0 Å². The van der Waals surface area contributed by atoms with Crippen LogP contribution in [-0.4, -0.2) is 37.8 Å². The number of hydrogen-bond acceptors (Lipinski definition) is 7. The average Bonchev–Trinajstić information content (AvgIpc) is 3.32. The summed E-state index contributed by atoms with van der Waals surface area (Å²) in [6.45, 7) is 1.33. The van der Waals surface area contributed by atoms with Crippen LogP contribution in [0, 0.1) is 0 Å². The summed E-state index contributed by atoms with van der Waals surface area (Å²) in [6.07, 6.45) is 4.88. The zero-order chi connectivity index (χ0) is 25.5. The van der Waals surface area contributed by atoms with E-state index in [1.165, 1.54) is 6.92 Å². The van der Waals surface area contributed by atoms with E-state index in [4.69, 9.17) is 21.1 Å². The molecule has 0 radical (unpaired) electrons. The van der Waals surface area contributed by atoms with Gasteiger partial charge in [0, 0.05) is 52.7 Å². The number of ketones is 2. The van der Waals surface area contributed by atoms with E-state index < -0.39 is 23.4 Å². The highest BCUT2D eigenvalue weighted by atomic mass is 35.5. The third-order valence-electron chi connectivity index (χ3n) is 7.48. The SMILES string of the molecule is CC(=O)C[C@@]1(O)C(=O)C(Cl)=C2Oc3ccc4ncccc4c3C=C2[C@@]12Cc1c(ccc3ncccc13)O2. The second-order valence-corrected chi connectivity index (χ2v) is 10.0. The van der Waals surface area contributed by atoms with Gasteiger partial charge in [0.15, 0.2) is 17.0 Å². The Balaban J connectivity index is 1.54. The van der Waals surface area contributed by atoms with E-state index in [0.29, 0.717) is 17.1 Å². The number of Topliss-reactive ketones (excluding diaryl/α,β-unsaturated/α-hetero) is 2. The molecule has 4 heterocycles. The number of carbonyl (C=O) groups excluding carboxylic acids is 2. The van der Waals surface area contributed by atoms with E-state index in [9.17, 15) is 14.7 Å². The molecule has 8 heteroatoms. The van der Waals surface area contributed by atoms with Crippen molar-refractivity contribution in [3.8, 4) is 11.5 Å². The summed E-state index contributed by atoms with van der Waals surface area (Å²) in [7, 11) is 0. The lowest BCUT2D eigenvalue weighted by Gasteiger charge is -2.48. The number of aromatic nitrogens is 2. The minimum atomic E-state index is -2.26. The molecule has 2 atom stereocenters. The van der Waals surface area contributed by atoms with E-state index in [-0.39, 0.29) is 23.0 Å². The van der Waals surface area contributed by atoms with Crippen LogP contribution >= 0.6 is 11.6 Å². The number of ether oxygens (including phenoxy) is 2. The monoisotopic (exact) mass is 510 g/mol. The van der Waals surface area contributed by atoms with Crippen molar-refractivity contribution >= 4 is 51.0 Å². The minimum Gasteiger partial charge on any atom is -0.478 e. The molecular formula is C29H19ClN2O5. The standard InChI is InChI=1S/C29H19ClN2O5/c1-15(33)13-28(35)27(34)25(30)26-20(12-18-16-4-2-10-31-21(16)6-8-23(18)36-26)29(28)14-19-17-5-3-11-32-22(17)7-9-24(19)37-29/h2-12,35H,13-14H2,1H3/t28-,29+/m1/s1. The molecule has 3 aliphatic rings. The van der Waals surface area contributed by atoms with E-state index >= 15 is 0 Å². The fourth-order valence-electron chi connectivity index (χ4n) is 5.83. The van der Waals surface area contributed by atoms with Crippen molar-refractivity contribution in [3.05, 3.63) is 88.4 Å². The number of nitrogens with zero attached hydrogens (tertiary/aromatic N) is 2. The Morgan fingerprint density at radius 2 is 1.70 bits per heavy atom. The number of rotatable bonds is 2. The van der Waals surface area contributed by atoms with Gasteiger partial charge in [-0.1, -0.05) is 23.7 Å². The maximum Gasteiger partial charge on any atom is 0.214 e. The van der Waals surface area contributed by atoms with Crippen molar-refractivity contribution in [2.24, 2.45) is 0 Å². The van der Waals surface area contributed by atoms with Gasteiger partial charge in [0.1, 0.15) is 22.3 Å². The third kappa shape index (κ3) is 2.86. The number of benzene rings is 2. The predicted octanol–water partition coefficient (Wildman–Crippen LogP) is 4.68. The van der Waals surface area contributed by atoms with E-state index in [1.807, 2.05) is 42.5 Å². The molecular weight excluding hydrogens is 492 g/mol. The van der Waals surface area contributed by atoms with Crippen molar-refractivity contribution < 1.29 is 24.2 Å². The van der Waals surface area contributed by atoms with Crippen LogP contribution in [0.5, 0.6) is 11.5 Å². The summed E-state index contributed by atoms with van der Waals surface area (Å²) in [6, 6.07) is 14.7. The number of halogens is 1. The highest BCUT2D eigenvalue weighted by molar-refractivity contribution is 6.45. The van der Waals surface area contributed by atoms with E-state index in [0.717, 1.165) is 32.9 Å². The van der Waals surface area contributed by atoms with Crippen LogP contribution in [0.3, 0.4) is 0 Å². The van der Waals surface area contributed by atoms with Gasteiger partial charge >= 0.3 is 0 Å². The second kappa shape index (κ2) is 7.47. The first-order valence-electron chi connectivity index (χ1n) is 11.8. The number of hydrogen-bond donors (Lipinski definition) is 1. The van der Waals surface area contributed by atoms with Crippen LogP contribution in [0.4, 0.5) is 0 Å². The van der Waals surface area contributed by atoms with Gasteiger partial charge in [0.25, 0.3) is 0 Å². The molecule has 0 unspecified atom stereocenters. The second-order valence-electron chi connectivity index (χ2n) is 9.64. The van der Waals surface area contributed by atoms with Gasteiger partial charge in [-0.3, -0.25) is 19.6 Å². The summed E-state index contributed by atoms with van der Waals surface area (Å²) in [4.78, 5) is 35.0. The summed E-state index contributed by atoms with van der Waals surface area (Å²) in [5, 5.41) is 13.5. The molecule has 1 spiro atoms. The number of carbonyl (C=O) groups is 2. The van der Waals surface area contributed by atoms with Gasteiger partial charge in [-0.2, -0.15) is 0 Å². The Kier molecular flexibility index (Phi) is 4.47. The van der Waals surface area contributed by atoms with E-state index in [1.54, 1.807) is 24.5 Å². The summed E-state index contributed by atoms with van der Waals surface area (Å²) in [5.74, 6) is -0.0634. The molecule has 0 fully saturated rings. The Hall–Kier alpha value is -4.07. The quantitative estimate of drug-likeness (QED) is 0.418. The Morgan fingerprint density at radius 3 is 2.43 bits per heavy atom. The molecule has 2 aromatic heterocycles. The molecule has 0 amide bonds. The minimum absolute atomic E-state index is 0.113. The van der Waals surface area contributed by atoms with Crippen molar-refractivity contribution in [1.82, 2.24) is 9.97 Å². The topological polar surface area (TPSA) is 98.6 Å². The van der Waals surface area contributed by atoms with Gasteiger partial charge < -0.3 is 14.6 Å². The van der Waals surface area contributed by atoms with Crippen LogP contribution in [0.1, 0.15) is 24.5 Å². The van der Waals surface area contributed by atoms with Crippen molar-refractivity contribution in [3.63, 3.8) is 0 Å². The number of aliphatic hydroxyl groups is 1. The highest BCUT2D eigenvalue weighted by Crippen LogP contribution is 2.56. The lowest BCUT2D eigenvalue weighted by Crippen LogP contribution is -2.66. The zero-order valence-corrected chi connectivity index (χ0v) is 20.4. The Morgan fingerprint density at radius 1 is 1.03 bits per heavy atom. The predicted molar refractivity (Wildman–Crippen MR) is 137 cm³/mol. The fraction of sp³-hybridized carbons (Fsp3) is 0.172. The maximum atomic E-state index is 13.7. The van der Waals surface area contributed by atoms with Crippen molar-refractivity contribution in [2.45, 2.75) is 31.0 Å². The number of pyridine rings is 2. The first-order valence-corrected chi connectivity index (χ1v) is 12.2. The van der Waals surface area contributed by atoms with Gasteiger partial charge in [-0.05, 0) is 49.4 Å². The molecule has 0 saturated heterocycles. The molecule has 4 aromatic rings. The molecule has 0 bridgehead atoms. The fourth-order valence-corrected chi connectivity index (χ4v) is 6.13. The molecule has 1 aliphatic carbocycles. The van der Waals surface area contributed by atoms with Gasteiger partial charge in [-0.25, -0.2) is 0 Å². The first kappa shape index (κ1) is 22.2. The van der Waals surface area contributed by atoms with Crippen LogP contribution in [-0.2, 0) is 16.0 Å². The van der Waals surface area contributed by atoms with Crippen LogP contribution in [0.25, 0.3) is 27.9 Å². The normalized spacial score (nSPS) is 23.9. The Bertz CT molecular complexity index is 1780. The van der Waals surface area contributed by atoms with Crippen molar-refractivity contribution in [1.29, 1.82) is 0 Å². The van der Waals surface area contributed by atoms with Gasteiger partial charge in [-0.15, -0.1) is 0 Å². The molecule has 2 aromatic carbocycles. The van der Waals surface area contributed by atoms with Gasteiger partial charge in [0.2, 0.25) is 5.78 Å². The molecule has 7 nitrogen and oxygen atoms in total. The molecule has 182 valence electrons. The molecule has 37 heavy (non-hydrogen) atoms. The summed E-state index contributed by atoms with van der Waals surface area (Å²) < 4.78 is 12.8. The number of fused-ring (bicyclic) bond motifs is 8.